The molecule has 0 saturated carbocycles. The summed E-state index contributed by atoms with van der Waals surface area (Å²) in [6.45, 7) is 4.65. The fourth-order valence-corrected chi connectivity index (χ4v) is 4.83. The molecule has 1 amide bonds. The van der Waals surface area contributed by atoms with Gasteiger partial charge in [0, 0.05) is 41.3 Å². The van der Waals surface area contributed by atoms with Crippen LogP contribution in [0.4, 0.5) is 0 Å². The van der Waals surface area contributed by atoms with E-state index in [1.807, 2.05) is 24.3 Å². The fraction of sp³-hybridized carbons (Fsp3) is 0.300. The number of hydrogen-bond donors (Lipinski definition) is 2. The monoisotopic (exact) mass is 401 g/mol. The number of carbonyl (C=O) groups excluding carboxylic acids is 1. The molecule has 7 heteroatoms. The molecule has 0 bridgehead atoms. The fourth-order valence-electron chi connectivity index (χ4n) is 3.55. The van der Waals surface area contributed by atoms with Crippen LogP contribution in [0.15, 0.2) is 30.5 Å². The van der Waals surface area contributed by atoms with Gasteiger partial charge in [0.1, 0.15) is 0 Å². The highest BCUT2D eigenvalue weighted by atomic mass is 35.5. The zero-order valence-electron chi connectivity index (χ0n) is 15.0. The molecule has 140 valence electrons. The first kappa shape index (κ1) is 18.4. The number of nitrogens with one attached hydrogen (secondary N) is 1. The van der Waals surface area contributed by atoms with Gasteiger partial charge in [0.2, 0.25) is 5.91 Å². The molecule has 3 heterocycles. The molecule has 1 aromatic carbocycles. The Morgan fingerprint density at radius 1 is 1.33 bits per heavy atom. The van der Waals surface area contributed by atoms with Crippen LogP contribution in [0.25, 0.3) is 21.3 Å². The SMILES string of the molecule is Cc1cc(Cl)cc(-c2ccnc3cc(CO)sc23)c1CN1CCNC(=O)C1. The van der Waals surface area contributed by atoms with Gasteiger partial charge in [-0.05, 0) is 47.9 Å². The van der Waals surface area contributed by atoms with Crippen molar-refractivity contribution in [3.05, 3.63) is 51.5 Å². The van der Waals surface area contributed by atoms with Crippen molar-refractivity contribution in [1.29, 1.82) is 0 Å². The van der Waals surface area contributed by atoms with Gasteiger partial charge in [0.25, 0.3) is 0 Å². The maximum absolute atomic E-state index is 11.8. The molecule has 3 aromatic rings. The summed E-state index contributed by atoms with van der Waals surface area (Å²) in [7, 11) is 0. The number of aryl methyl sites for hydroxylation is 1. The van der Waals surface area contributed by atoms with Gasteiger partial charge < -0.3 is 10.4 Å². The van der Waals surface area contributed by atoms with Crippen LogP contribution in [-0.2, 0) is 17.9 Å². The second-order valence-electron chi connectivity index (χ2n) is 6.75. The van der Waals surface area contributed by atoms with Crippen LogP contribution in [-0.4, -0.2) is 40.5 Å². The molecule has 27 heavy (non-hydrogen) atoms. The Kier molecular flexibility index (Phi) is 5.14. The van der Waals surface area contributed by atoms with Gasteiger partial charge >= 0.3 is 0 Å². The average Bonchev–Trinajstić information content (AvgIpc) is 3.07. The maximum Gasteiger partial charge on any atom is 0.234 e. The standard InChI is InChI=1S/C20H20ClN3O2S/c1-12-6-13(21)7-16(17(12)9-24-5-4-23-19(26)10-24)15-2-3-22-18-8-14(11-25)27-20(15)18/h2-3,6-8,25H,4-5,9-11H2,1H3,(H,23,26). The van der Waals surface area contributed by atoms with Crippen molar-refractivity contribution < 1.29 is 9.90 Å². The minimum Gasteiger partial charge on any atom is -0.391 e. The van der Waals surface area contributed by atoms with E-state index in [4.69, 9.17) is 11.6 Å². The number of rotatable bonds is 4. The van der Waals surface area contributed by atoms with Crippen molar-refractivity contribution in [2.45, 2.75) is 20.1 Å². The number of amides is 1. The van der Waals surface area contributed by atoms with Crippen molar-refractivity contribution in [3.63, 3.8) is 0 Å². The Hall–Kier alpha value is -1.99. The van der Waals surface area contributed by atoms with Gasteiger partial charge in [-0.1, -0.05) is 11.6 Å². The van der Waals surface area contributed by atoms with E-state index in [-0.39, 0.29) is 12.5 Å². The van der Waals surface area contributed by atoms with E-state index in [0.29, 0.717) is 24.7 Å². The summed E-state index contributed by atoms with van der Waals surface area (Å²) in [6, 6.07) is 7.88. The Bertz CT molecular complexity index is 1020. The second-order valence-corrected chi connectivity index (χ2v) is 8.33. The molecule has 0 aliphatic carbocycles. The highest BCUT2D eigenvalue weighted by molar-refractivity contribution is 7.19. The van der Waals surface area contributed by atoms with Crippen molar-refractivity contribution in [2.75, 3.05) is 19.6 Å². The maximum atomic E-state index is 11.8. The third kappa shape index (κ3) is 3.71. The first-order valence-corrected chi connectivity index (χ1v) is 10.0. The van der Waals surface area contributed by atoms with Crippen molar-refractivity contribution in [2.24, 2.45) is 0 Å². The summed E-state index contributed by atoms with van der Waals surface area (Å²) in [6.07, 6.45) is 1.79. The molecule has 1 aliphatic heterocycles. The lowest BCUT2D eigenvalue weighted by Gasteiger charge is -2.28. The van der Waals surface area contributed by atoms with Crippen molar-refractivity contribution in [3.8, 4) is 11.1 Å². The summed E-state index contributed by atoms with van der Waals surface area (Å²) >= 11 is 7.94. The third-order valence-electron chi connectivity index (χ3n) is 4.85. The Labute approximate surface area is 166 Å². The Balaban J connectivity index is 1.83. The molecule has 1 saturated heterocycles. The summed E-state index contributed by atoms with van der Waals surface area (Å²) in [5.41, 5.74) is 5.27. The number of hydrogen-bond acceptors (Lipinski definition) is 5. The average molecular weight is 402 g/mol. The van der Waals surface area contributed by atoms with Crippen molar-refractivity contribution >= 4 is 39.1 Å². The minimum absolute atomic E-state index is 0.00475. The van der Waals surface area contributed by atoms with Gasteiger partial charge in [-0.15, -0.1) is 11.3 Å². The molecule has 1 aliphatic rings. The first-order valence-electron chi connectivity index (χ1n) is 8.82. The van der Waals surface area contributed by atoms with Crippen LogP contribution in [0, 0.1) is 6.92 Å². The molecular formula is C20H20ClN3O2S. The predicted molar refractivity (Wildman–Crippen MR) is 109 cm³/mol. The molecule has 0 unspecified atom stereocenters. The number of nitrogens with zero attached hydrogens (tertiary/aromatic N) is 2. The van der Waals surface area contributed by atoms with Crippen LogP contribution in [0.1, 0.15) is 16.0 Å². The quantitative estimate of drug-likeness (QED) is 0.703. The molecule has 0 atom stereocenters. The number of pyridine rings is 1. The van der Waals surface area contributed by atoms with E-state index in [0.717, 1.165) is 38.3 Å². The number of aliphatic hydroxyl groups is 1. The lowest BCUT2D eigenvalue weighted by atomic mass is 9.95. The highest BCUT2D eigenvalue weighted by Gasteiger charge is 2.20. The van der Waals surface area contributed by atoms with Crippen LogP contribution in [0.2, 0.25) is 5.02 Å². The number of piperazine rings is 1. The molecular weight excluding hydrogens is 382 g/mol. The number of aliphatic hydroxyl groups excluding tert-OH is 1. The summed E-state index contributed by atoms with van der Waals surface area (Å²) in [5, 5.41) is 13.1. The molecule has 2 N–H and O–H groups in total. The second kappa shape index (κ2) is 7.56. The van der Waals surface area contributed by atoms with E-state index in [2.05, 4.69) is 22.1 Å². The molecule has 0 spiro atoms. The molecule has 2 aromatic heterocycles. The van der Waals surface area contributed by atoms with E-state index in [9.17, 15) is 9.90 Å². The molecule has 5 nitrogen and oxygen atoms in total. The number of carbonyl (C=O) groups is 1. The highest BCUT2D eigenvalue weighted by Crippen LogP contribution is 2.38. The van der Waals surface area contributed by atoms with Crippen LogP contribution in [0.3, 0.4) is 0 Å². The topological polar surface area (TPSA) is 65.5 Å². The van der Waals surface area contributed by atoms with Gasteiger partial charge in [-0.3, -0.25) is 14.7 Å². The van der Waals surface area contributed by atoms with Crippen LogP contribution < -0.4 is 5.32 Å². The normalized spacial score (nSPS) is 15.3. The van der Waals surface area contributed by atoms with Gasteiger partial charge in [0.15, 0.2) is 0 Å². The smallest absolute Gasteiger partial charge is 0.234 e. The van der Waals surface area contributed by atoms with E-state index in [1.165, 1.54) is 5.56 Å². The third-order valence-corrected chi connectivity index (χ3v) is 6.21. The minimum atomic E-state index is 0.00475. The predicted octanol–water partition coefficient (Wildman–Crippen LogP) is 3.35. The van der Waals surface area contributed by atoms with Crippen molar-refractivity contribution in [1.82, 2.24) is 15.2 Å². The number of halogens is 1. The van der Waals surface area contributed by atoms with Crippen LogP contribution >= 0.6 is 22.9 Å². The summed E-state index contributed by atoms with van der Waals surface area (Å²) in [4.78, 5) is 19.2. The van der Waals surface area contributed by atoms with E-state index < -0.39 is 0 Å². The van der Waals surface area contributed by atoms with E-state index >= 15 is 0 Å². The largest absolute Gasteiger partial charge is 0.391 e. The Morgan fingerprint density at radius 2 is 2.19 bits per heavy atom. The number of thiophene rings is 1. The van der Waals surface area contributed by atoms with E-state index in [1.54, 1.807) is 17.5 Å². The summed E-state index contributed by atoms with van der Waals surface area (Å²) in [5.74, 6) is 0.0616. The Morgan fingerprint density at radius 3 is 2.96 bits per heavy atom. The molecule has 0 radical (unpaired) electrons. The molecule has 4 rings (SSSR count). The lowest BCUT2D eigenvalue weighted by Crippen LogP contribution is -2.47. The molecule has 1 fully saturated rings. The number of fused-ring (bicyclic) bond motifs is 1. The van der Waals surface area contributed by atoms with Crippen LogP contribution in [0.5, 0.6) is 0 Å². The zero-order chi connectivity index (χ0) is 19.0. The zero-order valence-corrected chi connectivity index (χ0v) is 16.5. The van der Waals surface area contributed by atoms with Gasteiger partial charge in [0.05, 0.1) is 23.4 Å². The number of aromatic nitrogens is 1. The number of benzene rings is 1. The summed E-state index contributed by atoms with van der Waals surface area (Å²) < 4.78 is 1.04. The first-order chi connectivity index (χ1) is 13.0. The van der Waals surface area contributed by atoms with Gasteiger partial charge in [-0.25, -0.2) is 0 Å². The van der Waals surface area contributed by atoms with Gasteiger partial charge in [-0.2, -0.15) is 0 Å². The lowest BCUT2D eigenvalue weighted by molar-refractivity contribution is -0.124.